The van der Waals surface area contributed by atoms with Gasteiger partial charge in [-0.25, -0.2) is 9.79 Å². The molecule has 222 valence electrons. The maximum Gasteiger partial charge on any atom is 0.338 e. The SMILES string of the molecule is CCOC(=O)C1=C(C)N=c2s/c(=C/c3ccc(OCc4ccccc4)c(OCC)c3)c(=O)n2[C@@H]1c1cccc2ccccc12. The summed E-state index contributed by atoms with van der Waals surface area (Å²) in [5.41, 5.74) is 3.34. The van der Waals surface area contributed by atoms with E-state index < -0.39 is 12.0 Å². The van der Waals surface area contributed by atoms with Crippen molar-refractivity contribution in [3.63, 3.8) is 0 Å². The fourth-order valence-electron chi connectivity index (χ4n) is 5.46. The van der Waals surface area contributed by atoms with Crippen LogP contribution in [0.15, 0.2) is 112 Å². The summed E-state index contributed by atoms with van der Waals surface area (Å²) in [6, 6.07) is 28.8. The van der Waals surface area contributed by atoms with Crippen molar-refractivity contribution in [3.8, 4) is 11.5 Å². The van der Waals surface area contributed by atoms with Crippen molar-refractivity contribution in [1.29, 1.82) is 0 Å². The Hall–Kier alpha value is -4.95. The highest BCUT2D eigenvalue weighted by Gasteiger charge is 2.34. The van der Waals surface area contributed by atoms with Gasteiger partial charge in [0.1, 0.15) is 6.61 Å². The van der Waals surface area contributed by atoms with Crippen LogP contribution in [-0.4, -0.2) is 23.8 Å². The second kappa shape index (κ2) is 12.7. The van der Waals surface area contributed by atoms with E-state index in [1.165, 1.54) is 11.3 Å². The number of ether oxygens (including phenoxy) is 3. The molecule has 7 nitrogen and oxygen atoms in total. The van der Waals surface area contributed by atoms with Gasteiger partial charge in [-0.3, -0.25) is 9.36 Å². The number of hydrogen-bond donors (Lipinski definition) is 0. The predicted octanol–water partition coefficient (Wildman–Crippen LogP) is 5.93. The number of nitrogens with zero attached hydrogens (tertiary/aromatic N) is 2. The first-order chi connectivity index (χ1) is 21.5. The molecule has 0 spiro atoms. The first kappa shape index (κ1) is 29.1. The number of aromatic nitrogens is 1. The lowest BCUT2D eigenvalue weighted by atomic mass is 9.91. The van der Waals surface area contributed by atoms with Crippen LogP contribution in [0.5, 0.6) is 11.5 Å². The van der Waals surface area contributed by atoms with Crippen LogP contribution in [0.2, 0.25) is 0 Å². The lowest BCUT2D eigenvalue weighted by Crippen LogP contribution is -2.40. The molecule has 8 heteroatoms. The average molecular weight is 605 g/mol. The van der Waals surface area contributed by atoms with Gasteiger partial charge in [0.25, 0.3) is 5.56 Å². The van der Waals surface area contributed by atoms with Crippen molar-refractivity contribution in [2.75, 3.05) is 13.2 Å². The zero-order valence-electron chi connectivity index (χ0n) is 24.8. The van der Waals surface area contributed by atoms with Crippen LogP contribution >= 0.6 is 11.3 Å². The number of esters is 1. The smallest absolute Gasteiger partial charge is 0.338 e. The van der Waals surface area contributed by atoms with Crippen LogP contribution in [-0.2, 0) is 16.1 Å². The molecule has 0 saturated heterocycles. The topological polar surface area (TPSA) is 79.1 Å². The Morgan fingerprint density at radius 1 is 0.909 bits per heavy atom. The predicted molar refractivity (Wildman–Crippen MR) is 173 cm³/mol. The molecule has 1 atom stereocenters. The van der Waals surface area contributed by atoms with Gasteiger partial charge in [-0.1, -0.05) is 90.2 Å². The third kappa shape index (κ3) is 5.68. The minimum atomic E-state index is -0.689. The van der Waals surface area contributed by atoms with E-state index in [1.807, 2.05) is 104 Å². The van der Waals surface area contributed by atoms with E-state index in [1.54, 1.807) is 18.4 Å². The molecule has 0 fully saturated rings. The average Bonchev–Trinajstić information content (AvgIpc) is 3.34. The zero-order valence-corrected chi connectivity index (χ0v) is 25.6. The number of benzene rings is 4. The van der Waals surface area contributed by atoms with Gasteiger partial charge in [-0.05, 0) is 66.4 Å². The molecule has 0 amide bonds. The number of carbonyl (C=O) groups is 1. The van der Waals surface area contributed by atoms with E-state index in [-0.39, 0.29) is 12.2 Å². The van der Waals surface area contributed by atoms with Gasteiger partial charge in [0.05, 0.1) is 35.1 Å². The number of rotatable bonds is 9. The molecule has 1 aromatic heterocycles. The van der Waals surface area contributed by atoms with Gasteiger partial charge in [-0.2, -0.15) is 0 Å². The van der Waals surface area contributed by atoms with Crippen LogP contribution in [0.25, 0.3) is 16.8 Å². The van der Waals surface area contributed by atoms with Crippen LogP contribution in [0, 0.1) is 0 Å². The molecule has 44 heavy (non-hydrogen) atoms. The summed E-state index contributed by atoms with van der Waals surface area (Å²) in [6.45, 7) is 6.58. The monoisotopic (exact) mass is 604 g/mol. The Kier molecular flexibility index (Phi) is 8.43. The van der Waals surface area contributed by atoms with E-state index in [2.05, 4.69) is 0 Å². The Bertz CT molecular complexity index is 2050. The Morgan fingerprint density at radius 2 is 1.68 bits per heavy atom. The van der Waals surface area contributed by atoms with E-state index in [4.69, 9.17) is 19.2 Å². The summed E-state index contributed by atoms with van der Waals surface area (Å²) in [4.78, 5) is 32.7. The Labute approximate surface area is 259 Å². The number of hydrogen-bond acceptors (Lipinski definition) is 7. The van der Waals surface area contributed by atoms with Crippen molar-refractivity contribution >= 4 is 34.2 Å². The van der Waals surface area contributed by atoms with Crippen LogP contribution in [0.4, 0.5) is 0 Å². The third-order valence-corrected chi connectivity index (χ3v) is 8.42. The van der Waals surface area contributed by atoms with Gasteiger partial charge >= 0.3 is 5.97 Å². The summed E-state index contributed by atoms with van der Waals surface area (Å²) in [6.07, 6.45) is 1.83. The standard InChI is InChI=1S/C36H32N2O5S/c1-4-41-30-20-25(18-19-29(30)43-22-24-12-7-6-8-13-24)21-31-34(39)38-33(28-17-11-15-26-14-9-10-16-27(26)28)32(35(40)42-5-2)23(3)37-36(38)44-31/h6-21,33H,4-5,22H2,1-3H3/b31-21+/t33-/m1/s1. The quantitative estimate of drug-likeness (QED) is 0.195. The summed E-state index contributed by atoms with van der Waals surface area (Å²) in [7, 11) is 0. The highest BCUT2D eigenvalue weighted by atomic mass is 32.1. The molecule has 0 radical (unpaired) electrons. The van der Waals surface area contributed by atoms with Gasteiger partial charge in [-0.15, -0.1) is 0 Å². The minimum absolute atomic E-state index is 0.218. The highest BCUT2D eigenvalue weighted by Crippen LogP contribution is 2.35. The normalized spacial score (nSPS) is 14.7. The van der Waals surface area contributed by atoms with Crippen molar-refractivity contribution in [2.45, 2.75) is 33.4 Å². The molecule has 0 bridgehead atoms. The highest BCUT2D eigenvalue weighted by molar-refractivity contribution is 7.07. The van der Waals surface area contributed by atoms with E-state index in [0.29, 0.717) is 45.3 Å². The fourth-order valence-corrected chi connectivity index (χ4v) is 6.51. The summed E-state index contributed by atoms with van der Waals surface area (Å²) >= 11 is 1.29. The van der Waals surface area contributed by atoms with Gasteiger partial charge in [0.2, 0.25) is 0 Å². The molecule has 0 saturated carbocycles. The number of carbonyl (C=O) groups excluding carboxylic acids is 1. The van der Waals surface area contributed by atoms with Gasteiger partial charge in [0, 0.05) is 0 Å². The molecule has 6 rings (SSSR count). The fraction of sp³-hybridized carbons (Fsp3) is 0.194. The molecule has 4 aromatic carbocycles. The second-order valence-corrected chi connectivity index (χ2v) is 11.3. The van der Waals surface area contributed by atoms with E-state index >= 15 is 0 Å². The maximum atomic E-state index is 14.2. The molecular weight excluding hydrogens is 572 g/mol. The number of thiazole rings is 1. The first-order valence-corrected chi connectivity index (χ1v) is 15.4. The molecular formula is C36H32N2O5S. The third-order valence-electron chi connectivity index (χ3n) is 7.44. The van der Waals surface area contributed by atoms with Crippen LogP contribution in [0.1, 0.15) is 43.5 Å². The molecule has 0 unspecified atom stereocenters. The van der Waals surface area contributed by atoms with Gasteiger partial charge in [0.15, 0.2) is 16.3 Å². The number of fused-ring (bicyclic) bond motifs is 2. The molecule has 0 aliphatic carbocycles. The molecule has 5 aromatic rings. The van der Waals surface area contributed by atoms with Crippen LogP contribution in [0.3, 0.4) is 0 Å². The minimum Gasteiger partial charge on any atom is -0.490 e. The molecule has 2 heterocycles. The maximum absolute atomic E-state index is 14.2. The van der Waals surface area contributed by atoms with Crippen molar-refractivity contribution in [1.82, 2.24) is 4.57 Å². The first-order valence-electron chi connectivity index (χ1n) is 14.6. The lowest BCUT2D eigenvalue weighted by molar-refractivity contribution is -0.139. The van der Waals surface area contributed by atoms with Crippen LogP contribution < -0.4 is 24.4 Å². The summed E-state index contributed by atoms with van der Waals surface area (Å²) in [5.74, 6) is 0.743. The van der Waals surface area contributed by atoms with E-state index in [0.717, 1.165) is 27.5 Å². The number of allylic oxidation sites excluding steroid dienone is 1. The second-order valence-electron chi connectivity index (χ2n) is 10.3. The van der Waals surface area contributed by atoms with Crippen molar-refractivity contribution in [3.05, 3.63) is 139 Å². The van der Waals surface area contributed by atoms with Crippen molar-refractivity contribution < 1.29 is 19.0 Å². The lowest BCUT2D eigenvalue weighted by Gasteiger charge is -2.25. The largest absolute Gasteiger partial charge is 0.490 e. The molecule has 1 aliphatic rings. The van der Waals surface area contributed by atoms with Gasteiger partial charge < -0.3 is 14.2 Å². The molecule has 0 N–H and O–H groups in total. The van der Waals surface area contributed by atoms with Crippen molar-refractivity contribution in [2.24, 2.45) is 4.99 Å². The Morgan fingerprint density at radius 3 is 2.48 bits per heavy atom. The zero-order chi connectivity index (χ0) is 30.6. The molecule has 1 aliphatic heterocycles. The summed E-state index contributed by atoms with van der Waals surface area (Å²) in [5, 5.41) is 1.97. The van der Waals surface area contributed by atoms with E-state index in [9.17, 15) is 9.59 Å². The summed E-state index contributed by atoms with van der Waals surface area (Å²) < 4.78 is 19.6. The Balaban J connectivity index is 1.45.